The fraction of sp³-hybridized carbons (Fsp3) is 0.800. The van der Waals surface area contributed by atoms with Crippen LogP contribution in [0.2, 0.25) is 0 Å². The third-order valence-electron chi connectivity index (χ3n) is 2.77. The molecule has 1 N–H and O–H groups in total. The van der Waals surface area contributed by atoms with Crippen molar-refractivity contribution in [3.63, 3.8) is 0 Å². The molecule has 1 rings (SSSR count). The van der Waals surface area contributed by atoms with Crippen LogP contribution < -0.4 is 5.32 Å². The van der Waals surface area contributed by atoms with Crippen molar-refractivity contribution in [1.29, 1.82) is 0 Å². The molecule has 0 heterocycles. The molecule has 1 aliphatic carbocycles. The van der Waals surface area contributed by atoms with Crippen LogP contribution in [0.1, 0.15) is 32.1 Å². The zero-order valence-corrected chi connectivity index (χ0v) is 7.47. The van der Waals surface area contributed by atoms with Crippen molar-refractivity contribution in [2.45, 2.75) is 38.1 Å². The highest BCUT2D eigenvalue weighted by atomic mass is 14.9. The summed E-state index contributed by atoms with van der Waals surface area (Å²) in [7, 11) is 2.08. The summed E-state index contributed by atoms with van der Waals surface area (Å²) >= 11 is 0. The zero-order valence-electron chi connectivity index (χ0n) is 7.47. The molecular formula is C10H19N. The molecule has 0 aromatic rings. The Kier molecular flexibility index (Phi) is 3.64. The van der Waals surface area contributed by atoms with Gasteiger partial charge in [0.2, 0.25) is 0 Å². The summed E-state index contributed by atoms with van der Waals surface area (Å²) in [6, 6.07) is 0.752. The molecule has 0 aliphatic heterocycles. The highest BCUT2D eigenvalue weighted by Gasteiger charge is 2.24. The van der Waals surface area contributed by atoms with Gasteiger partial charge in [0.1, 0.15) is 0 Å². The molecule has 11 heavy (non-hydrogen) atoms. The third kappa shape index (κ3) is 2.33. The van der Waals surface area contributed by atoms with Crippen LogP contribution in [-0.4, -0.2) is 13.1 Å². The molecule has 64 valence electrons. The Bertz CT molecular complexity index is 116. The van der Waals surface area contributed by atoms with Crippen molar-refractivity contribution < 1.29 is 0 Å². The summed E-state index contributed by atoms with van der Waals surface area (Å²) in [5.41, 5.74) is 0. The molecule has 1 heteroatoms. The number of hydrogen-bond acceptors (Lipinski definition) is 1. The van der Waals surface area contributed by atoms with Crippen LogP contribution >= 0.6 is 0 Å². The molecule has 0 spiro atoms. The number of allylic oxidation sites excluding steroid dienone is 1. The fourth-order valence-electron chi connectivity index (χ4n) is 1.76. The summed E-state index contributed by atoms with van der Waals surface area (Å²) in [6.45, 7) is 3.74. The number of hydrogen-bond donors (Lipinski definition) is 1. The number of nitrogens with one attached hydrogen (secondary N) is 1. The topological polar surface area (TPSA) is 12.0 Å². The lowest BCUT2D eigenvalue weighted by Gasteiger charge is -2.33. The van der Waals surface area contributed by atoms with Gasteiger partial charge in [0, 0.05) is 6.04 Å². The highest BCUT2D eigenvalue weighted by Crippen LogP contribution is 2.31. The van der Waals surface area contributed by atoms with E-state index in [-0.39, 0.29) is 0 Å². The minimum atomic E-state index is 0.752. The maximum absolute atomic E-state index is 3.74. The summed E-state index contributed by atoms with van der Waals surface area (Å²) in [6.07, 6.45) is 8.75. The molecule has 0 amide bonds. The molecule has 1 atom stereocenters. The van der Waals surface area contributed by atoms with Gasteiger partial charge in [-0.1, -0.05) is 12.5 Å². The second-order valence-electron chi connectivity index (χ2n) is 3.45. The quantitative estimate of drug-likeness (QED) is 0.598. The zero-order chi connectivity index (χ0) is 8.10. The lowest BCUT2D eigenvalue weighted by molar-refractivity contribution is 0.229. The Hall–Kier alpha value is -0.300. The van der Waals surface area contributed by atoms with E-state index in [0.29, 0.717) is 0 Å². The van der Waals surface area contributed by atoms with E-state index in [1.807, 2.05) is 6.08 Å². The van der Waals surface area contributed by atoms with Crippen molar-refractivity contribution >= 4 is 0 Å². The van der Waals surface area contributed by atoms with Gasteiger partial charge >= 0.3 is 0 Å². The average Bonchev–Trinajstić information content (AvgIpc) is 1.93. The van der Waals surface area contributed by atoms with Crippen LogP contribution in [0.5, 0.6) is 0 Å². The first-order valence-electron chi connectivity index (χ1n) is 4.66. The molecule has 0 saturated heterocycles. The van der Waals surface area contributed by atoms with Gasteiger partial charge in [-0.25, -0.2) is 0 Å². The molecule has 0 bridgehead atoms. The van der Waals surface area contributed by atoms with Gasteiger partial charge in [-0.05, 0) is 38.6 Å². The first-order valence-corrected chi connectivity index (χ1v) is 4.66. The lowest BCUT2D eigenvalue weighted by atomic mass is 9.78. The Balaban J connectivity index is 2.17. The molecule has 0 aromatic carbocycles. The molecule has 1 aliphatic rings. The Morgan fingerprint density at radius 3 is 2.73 bits per heavy atom. The van der Waals surface area contributed by atoms with Gasteiger partial charge < -0.3 is 5.32 Å². The van der Waals surface area contributed by atoms with E-state index >= 15 is 0 Å². The molecule has 1 unspecified atom stereocenters. The van der Waals surface area contributed by atoms with Gasteiger partial charge in [0.05, 0.1) is 0 Å². The normalized spacial score (nSPS) is 20.8. The predicted molar refractivity (Wildman–Crippen MR) is 49.6 cm³/mol. The van der Waals surface area contributed by atoms with E-state index in [4.69, 9.17) is 0 Å². The standard InChI is InChI=1S/C10H19N/c1-3-4-8-10(11-2)9-6-5-7-9/h3,9-11H,1,4-8H2,2H3. The van der Waals surface area contributed by atoms with E-state index in [1.165, 1.54) is 25.7 Å². The van der Waals surface area contributed by atoms with E-state index in [9.17, 15) is 0 Å². The third-order valence-corrected chi connectivity index (χ3v) is 2.77. The molecule has 1 nitrogen and oxygen atoms in total. The van der Waals surface area contributed by atoms with E-state index in [0.717, 1.165) is 18.4 Å². The Labute approximate surface area is 69.9 Å². The van der Waals surface area contributed by atoms with Crippen molar-refractivity contribution in [2.24, 2.45) is 5.92 Å². The van der Waals surface area contributed by atoms with E-state index in [1.54, 1.807) is 0 Å². The van der Waals surface area contributed by atoms with Crippen molar-refractivity contribution in [3.05, 3.63) is 12.7 Å². The van der Waals surface area contributed by atoms with Crippen molar-refractivity contribution in [1.82, 2.24) is 5.32 Å². The second-order valence-corrected chi connectivity index (χ2v) is 3.45. The maximum atomic E-state index is 3.74. The van der Waals surface area contributed by atoms with Crippen molar-refractivity contribution in [2.75, 3.05) is 7.05 Å². The minimum absolute atomic E-state index is 0.752. The van der Waals surface area contributed by atoms with Crippen LogP contribution in [0.3, 0.4) is 0 Å². The largest absolute Gasteiger partial charge is 0.317 e. The predicted octanol–water partition coefficient (Wildman–Crippen LogP) is 2.34. The highest BCUT2D eigenvalue weighted by molar-refractivity contribution is 4.83. The van der Waals surface area contributed by atoms with Crippen molar-refractivity contribution in [3.8, 4) is 0 Å². The van der Waals surface area contributed by atoms with Gasteiger partial charge in [-0.3, -0.25) is 0 Å². The fourth-order valence-corrected chi connectivity index (χ4v) is 1.76. The monoisotopic (exact) mass is 153 g/mol. The maximum Gasteiger partial charge on any atom is 0.00952 e. The first-order chi connectivity index (χ1) is 5.38. The molecular weight excluding hydrogens is 134 g/mol. The smallest absolute Gasteiger partial charge is 0.00952 e. The summed E-state index contributed by atoms with van der Waals surface area (Å²) in [5.74, 6) is 0.958. The lowest BCUT2D eigenvalue weighted by Crippen LogP contribution is -2.37. The SMILES string of the molecule is C=CCCC(NC)C1CCC1. The van der Waals surface area contributed by atoms with E-state index in [2.05, 4.69) is 18.9 Å². The molecule has 0 radical (unpaired) electrons. The molecule has 1 saturated carbocycles. The summed E-state index contributed by atoms with van der Waals surface area (Å²) in [5, 5.41) is 3.39. The molecule has 1 fully saturated rings. The Morgan fingerprint density at radius 2 is 2.36 bits per heavy atom. The van der Waals surface area contributed by atoms with Crippen LogP contribution in [0.25, 0.3) is 0 Å². The van der Waals surface area contributed by atoms with Gasteiger partial charge in [-0.2, -0.15) is 0 Å². The summed E-state index contributed by atoms with van der Waals surface area (Å²) < 4.78 is 0. The second kappa shape index (κ2) is 4.55. The van der Waals surface area contributed by atoms with Crippen LogP contribution in [0.4, 0.5) is 0 Å². The van der Waals surface area contributed by atoms with Crippen LogP contribution in [0.15, 0.2) is 12.7 Å². The first kappa shape index (κ1) is 8.79. The van der Waals surface area contributed by atoms with Gasteiger partial charge in [0.25, 0.3) is 0 Å². The summed E-state index contributed by atoms with van der Waals surface area (Å²) in [4.78, 5) is 0. The van der Waals surface area contributed by atoms with Gasteiger partial charge in [0.15, 0.2) is 0 Å². The minimum Gasteiger partial charge on any atom is -0.317 e. The van der Waals surface area contributed by atoms with Crippen LogP contribution in [0, 0.1) is 5.92 Å². The average molecular weight is 153 g/mol. The van der Waals surface area contributed by atoms with Crippen LogP contribution in [-0.2, 0) is 0 Å². The van der Waals surface area contributed by atoms with E-state index < -0.39 is 0 Å². The Morgan fingerprint density at radius 1 is 1.64 bits per heavy atom. The number of rotatable bonds is 5. The van der Waals surface area contributed by atoms with Gasteiger partial charge in [-0.15, -0.1) is 6.58 Å². The molecule has 0 aromatic heterocycles.